The van der Waals surface area contributed by atoms with E-state index in [-0.39, 0.29) is 0 Å². The summed E-state index contributed by atoms with van der Waals surface area (Å²) in [6.07, 6.45) is 7.21. The second kappa shape index (κ2) is 7.48. The van der Waals surface area contributed by atoms with Crippen LogP contribution in [0.2, 0.25) is 0 Å². The first-order valence-electron chi connectivity index (χ1n) is 3.13. The Balaban J connectivity index is 0.000000148. The van der Waals surface area contributed by atoms with Gasteiger partial charge in [0.15, 0.2) is 0 Å². The maximum absolute atomic E-state index is 4.94. The van der Waals surface area contributed by atoms with E-state index in [9.17, 15) is 0 Å². The quantitative estimate of drug-likeness (QED) is 0.477. The molecular weight excluding hydrogens is 114 g/mol. The Morgan fingerprint density at radius 1 is 1.44 bits per heavy atom. The smallest absolute Gasteiger partial charge is 0.0548 e. The topological polar surface area (TPSA) is 35.2 Å². The van der Waals surface area contributed by atoms with Crippen LogP contribution in [0.1, 0.15) is 12.8 Å². The molecule has 0 radical (unpaired) electrons. The molecule has 1 rings (SSSR count). The van der Waals surface area contributed by atoms with Crippen LogP contribution in [0.5, 0.6) is 0 Å². The molecule has 1 aliphatic heterocycles. The molecule has 1 fully saturated rings. The van der Waals surface area contributed by atoms with Gasteiger partial charge in [0.2, 0.25) is 0 Å². The molecule has 0 amide bonds. The van der Waals surface area contributed by atoms with E-state index in [2.05, 4.69) is 12.3 Å². The molecular formula is C7H13NO. The minimum Gasteiger partial charge on any atom is -0.381 e. The molecule has 0 aromatic rings. The van der Waals surface area contributed by atoms with Crippen LogP contribution in [-0.4, -0.2) is 19.8 Å². The highest BCUT2D eigenvalue weighted by Gasteiger charge is 1.94. The predicted octanol–water partition coefficient (Wildman–Crippen LogP) is 0.375. The predicted molar refractivity (Wildman–Crippen MR) is 37.9 cm³/mol. The molecule has 0 saturated carbocycles. The Morgan fingerprint density at radius 2 is 1.89 bits per heavy atom. The molecule has 0 spiro atoms. The molecule has 0 unspecified atom stereocenters. The molecule has 1 saturated heterocycles. The molecule has 52 valence electrons. The van der Waals surface area contributed by atoms with Gasteiger partial charge in [0.1, 0.15) is 0 Å². The Hall–Kier alpha value is -0.520. The van der Waals surface area contributed by atoms with Crippen molar-refractivity contribution in [3.8, 4) is 12.3 Å². The van der Waals surface area contributed by atoms with Crippen molar-refractivity contribution < 1.29 is 4.74 Å². The highest BCUT2D eigenvalue weighted by Crippen LogP contribution is 1.98. The molecule has 1 heterocycles. The van der Waals surface area contributed by atoms with Crippen LogP contribution in [-0.2, 0) is 4.74 Å². The summed E-state index contributed by atoms with van der Waals surface area (Å²) >= 11 is 0. The normalized spacial score (nSPS) is 15.6. The van der Waals surface area contributed by atoms with E-state index in [0.717, 1.165) is 13.2 Å². The largest absolute Gasteiger partial charge is 0.381 e. The highest BCUT2D eigenvalue weighted by molar-refractivity contribution is 4.83. The van der Waals surface area contributed by atoms with Gasteiger partial charge in [0, 0.05) is 13.2 Å². The van der Waals surface area contributed by atoms with Crippen molar-refractivity contribution >= 4 is 0 Å². The Labute approximate surface area is 56.4 Å². The van der Waals surface area contributed by atoms with E-state index in [1.54, 1.807) is 0 Å². The van der Waals surface area contributed by atoms with Crippen molar-refractivity contribution in [2.45, 2.75) is 12.8 Å². The first-order chi connectivity index (χ1) is 4.41. The van der Waals surface area contributed by atoms with E-state index < -0.39 is 0 Å². The third kappa shape index (κ3) is 7.48. The van der Waals surface area contributed by atoms with Crippen LogP contribution in [0.25, 0.3) is 0 Å². The Morgan fingerprint density at radius 3 is 2.00 bits per heavy atom. The summed E-state index contributed by atoms with van der Waals surface area (Å²) in [4.78, 5) is 0. The molecule has 1 aliphatic rings. The lowest BCUT2D eigenvalue weighted by Crippen LogP contribution is -1.91. The number of nitrogens with two attached hydrogens (primary N) is 1. The van der Waals surface area contributed by atoms with Gasteiger partial charge in [0.25, 0.3) is 0 Å². The molecule has 2 N–H and O–H groups in total. The lowest BCUT2D eigenvalue weighted by Gasteiger charge is -1.76. The zero-order valence-corrected chi connectivity index (χ0v) is 5.60. The third-order valence-electron chi connectivity index (χ3n) is 0.945. The maximum atomic E-state index is 4.94. The fourth-order valence-electron chi connectivity index (χ4n) is 0.510. The van der Waals surface area contributed by atoms with E-state index in [4.69, 9.17) is 10.5 Å². The summed E-state index contributed by atoms with van der Waals surface area (Å²) in [5.41, 5.74) is 4.79. The average Bonchev–Trinajstić information content (AvgIpc) is 2.43. The summed E-state index contributed by atoms with van der Waals surface area (Å²) in [6, 6.07) is 0. The average molecular weight is 127 g/mol. The standard InChI is InChI=1S/C4H8O.C3H5N/c1-2-4-5-3-1;1-2-3-4/h1-4H2;1H,3-4H2. The molecule has 2 heteroatoms. The summed E-state index contributed by atoms with van der Waals surface area (Å²) < 4.78 is 4.94. The maximum Gasteiger partial charge on any atom is 0.0548 e. The van der Waals surface area contributed by atoms with Gasteiger partial charge in [-0.15, -0.1) is 6.42 Å². The number of hydrogen-bond donors (Lipinski definition) is 1. The monoisotopic (exact) mass is 127 g/mol. The second-order valence-electron chi connectivity index (χ2n) is 1.73. The number of rotatable bonds is 0. The molecule has 0 bridgehead atoms. The molecule has 2 nitrogen and oxygen atoms in total. The molecule has 0 aromatic heterocycles. The van der Waals surface area contributed by atoms with Crippen molar-refractivity contribution in [2.24, 2.45) is 5.73 Å². The van der Waals surface area contributed by atoms with E-state index in [1.807, 2.05) is 0 Å². The minimum atomic E-state index is 0.347. The summed E-state index contributed by atoms with van der Waals surface area (Å²) in [5, 5.41) is 0. The van der Waals surface area contributed by atoms with Gasteiger partial charge < -0.3 is 10.5 Å². The molecule has 0 aromatic carbocycles. The van der Waals surface area contributed by atoms with Crippen LogP contribution in [0.3, 0.4) is 0 Å². The summed E-state index contributed by atoms with van der Waals surface area (Å²) in [6.45, 7) is 2.35. The van der Waals surface area contributed by atoms with Gasteiger partial charge in [-0.3, -0.25) is 0 Å². The van der Waals surface area contributed by atoms with Crippen LogP contribution < -0.4 is 5.73 Å². The van der Waals surface area contributed by atoms with Gasteiger partial charge in [-0.2, -0.15) is 0 Å². The van der Waals surface area contributed by atoms with Gasteiger partial charge in [-0.25, -0.2) is 0 Å². The van der Waals surface area contributed by atoms with Crippen LogP contribution >= 0.6 is 0 Å². The summed E-state index contributed by atoms with van der Waals surface area (Å²) in [7, 11) is 0. The first kappa shape index (κ1) is 8.48. The van der Waals surface area contributed by atoms with Crippen LogP contribution in [0, 0.1) is 12.3 Å². The van der Waals surface area contributed by atoms with Crippen molar-refractivity contribution in [3.05, 3.63) is 0 Å². The molecule has 9 heavy (non-hydrogen) atoms. The zero-order valence-electron chi connectivity index (χ0n) is 5.60. The minimum absolute atomic E-state index is 0.347. The fourth-order valence-corrected chi connectivity index (χ4v) is 0.510. The van der Waals surface area contributed by atoms with Crippen LogP contribution in [0.4, 0.5) is 0 Å². The van der Waals surface area contributed by atoms with Crippen molar-refractivity contribution in [2.75, 3.05) is 19.8 Å². The van der Waals surface area contributed by atoms with E-state index in [0.29, 0.717) is 6.54 Å². The van der Waals surface area contributed by atoms with E-state index in [1.165, 1.54) is 12.8 Å². The number of ether oxygens (including phenoxy) is 1. The van der Waals surface area contributed by atoms with Gasteiger partial charge >= 0.3 is 0 Å². The Bertz CT molecular complexity index is 73.8. The molecule has 0 aliphatic carbocycles. The van der Waals surface area contributed by atoms with Gasteiger partial charge in [-0.05, 0) is 12.8 Å². The lowest BCUT2D eigenvalue weighted by atomic mass is 10.4. The number of terminal acetylenes is 1. The molecule has 0 atom stereocenters. The fraction of sp³-hybridized carbons (Fsp3) is 0.714. The SMILES string of the molecule is C#CCN.C1CCOC1. The van der Waals surface area contributed by atoms with Crippen molar-refractivity contribution in [1.82, 2.24) is 0 Å². The lowest BCUT2D eigenvalue weighted by molar-refractivity contribution is 0.198. The summed E-state index contributed by atoms with van der Waals surface area (Å²) in [5.74, 6) is 2.21. The van der Waals surface area contributed by atoms with Gasteiger partial charge in [-0.1, -0.05) is 5.92 Å². The van der Waals surface area contributed by atoms with Gasteiger partial charge in [0.05, 0.1) is 6.54 Å². The van der Waals surface area contributed by atoms with Crippen LogP contribution in [0.15, 0.2) is 0 Å². The van der Waals surface area contributed by atoms with Crippen molar-refractivity contribution in [1.29, 1.82) is 0 Å². The van der Waals surface area contributed by atoms with E-state index >= 15 is 0 Å². The second-order valence-corrected chi connectivity index (χ2v) is 1.73. The van der Waals surface area contributed by atoms with Crippen molar-refractivity contribution in [3.63, 3.8) is 0 Å². The first-order valence-corrected chi connectivity index (χ1v) is 3.13. The Kier molecular flexibility index (Phi) is 7.05. The highest BCUT2D eigenvalue weighted by atomic mass is 16.5. The third-order valence-corrected chi connectivity index (χ3v) is 0.945. The zero-order chi connectivity index (χ0) is 6.95. The number of hydrogen-bond acceptors (Lipinski definition) is 2.